The van der Waals surface area contributed by atoms with Gasteiger partial charge in [0, 0.05) is 10.0 Å². The van der Waals surface area contributed by atoms with Gasteiger partial charge in [-0.05, 0) is 43.5 Å². The minimum absolute atomic E-state index is 0.360. The fourth-order valence-corrected chi connectivity index (χ4v) is 2.93. The zero-order valence-corrected chi connectivity index (χ0v) is 12.9. The van der Waals surface area contributed by atoms with Crippen LogP contribution in [-0.2, 0) is 5.60 Å². The van der Waals surface area contributed by atoms with Gasteiger partial charge in [-0.1, -0.05) is 46.3 Å². The number of hydrogen-bond donors (Lipinski definition) is 1. The number of ether oxygens (including phenoxy) is 1. The molecule has 2 aromatic carbocycles. The monoisotopic (exact) mass is 332 g/mol. The molecule has 0 aliphatic heterocycles. The molecule has 0 saturated heterocycles. The Kier molecular flexibility index (Phi) is 3.57. The van der Waals surface area contributed by atoms with E-state index in [0.717, 1.165) is 34.2 Å². The molecule has 1 aliphatic rings. The second kappa shape index (κ2) is 5.23. The van der Waals surface area contributed by atoms with Crippen LogP contribution in [0.2, 0.25) is 0 Å². The summed E-state index contributed by atoms with van der Waals surface area (Å²) in [6.07, 6.45) is 2.62. The van der Waals surface area contributed by atoms with E-state index in [4.69, 9.17) is 4.74 Å². The Morgan fingerprint density at radius 1 is 1.15 bits per heavy atom. The first-order valence-corrected chi connectivity index (χ1v) is 7.61. The number of benzene rings is 2. The van der Waals surface area contributed by atoms with Gasteiger partial charge in [0.15, 0.2) is 0 Å². The van der Waals surface area contributed by atoms with Gasteiger partial charge in [0.25, 0.3) is 0 Å². The van der Waals surface area contributed by atoms with Crippen LogP contribution in [0.4, 0.5) is 0 Å². The molecule has 1 atom stereocenters. The standard InChI is InChI=1S/C17H17BrO2/c1-17(19,15-7-2-3-8-16(15)18)12-5-4-6-14(11-12)20-13-9-10-13/h2-8,11,13,19H,9-10H2,1H3. The van der Waals surface area contributed by atoms with Crippen molar-refractivity contribution in [3.8, 4) is 5.75 Å². The molecular weight excluding hydrogens is 316 g/mol. The molecule has 0 amide bonds. The summed E-state index contributed by atoms with van der Waals surface area (Å²) in [7, 11) is 0. The van der Waals surface area contributed by atoms with E-state index in [2.05, 4.69) is 15.9 Å². The van der Waals surface area contributed by atoms with Crippen LogP contribution in [0.3, 0.4) is 0 Å². The quantitative estimate of drug-likeness (QED) is 0.907. The maximum absolute atomic E-state index is 10.9. The number of rotatable bonds is 4. The first-order chi connectivity index (χ1) is 9.57. The Bertz CT molecular complexity index is 618. The molecule has 20 heavy (non-hydrogen) atoms. The van der Waals surface area contributed by atoms with E-state index in [1.54, 1.807) is 0 Å². The van der Waals surface area contributed by atoms with Crippen LogP contribution in [0.1, 0.15) is 30.9 Å². The molecule has 0 radical (unpaired) electrons. The Hall–Kier alpha value is -1.32. The lowest BCUT2D eigenvalue weighted by molar-refractivity contribution is 0.101. The fraction of sp³-hybridized carbons (Fsp3) is 0.294. The SMILES string of the molecule is CC(O)(c1cccc(OC2CC2)c1)c1ccccc1Br. The van der Waals surface area contributed by atoms with Crippen LogP contribution in [-0.4, -0.2) is 11.2 Å². The molecule has 3 heteroatoms. The van der Waals surface area contributed by atoms with E-state index in [1.165, 1.54) is 0 Å². The Balaban J connectivity index is 1.95. The molecule has 0 bridgehead atoms. The van der Waals surface area contributed by atoms with E-state index < -0.39 is 5.60 Å². The maximum atomic E-state index is 10.9. The molecule has 0 spiro atoms. The van der Waals surface area contributed by atoms with Gasteiger partial charge in [-0.2, -0.15) is 0 Å². The third-order valence-corrected chi connectivity index (χ3v) is 4.31. The van der Waals surface area contributed by atoms with Crippen molar-refractivity contribution in [2.75, 3.05) is 0 Å². The summed E-state index contributed by atoms with van der Waals surface area (Å²) in [5, 5.41) is 10.9. The zero-order valence-electron chi connectivity index (χ0n) is 11.3. The highest BCUT2D eigenvalue weighted by molar-refractivity contribution is 9.10. The molecule has 1 aliphatic carbocycles. The Morgan fingerprint density at radius 3 is 2.60 bits per heavy atom. The van der Waals surface area contributed by atoms with E-state index in [9.17, 15) is 5.11 Å². The van der Waals surface area contributed by atoms with Crippen LogP contribution < -0.4 is 4.74 Å². The van der Waals surface area contributed by atoms with Gasteiger partial charge in [0.05, 0.1) is 6.10 Å². The summed E-state index contributed by atoms with van der Waals surface area (Å²) in [6.45, 7) is 1.81. The summed E-state index contributed by atoms with van der Waals surface area (Å²) in [4.78, 5) is 0. The van der Waals surface area contributed by atoms with Gasteiger partial charge in [0.2, 0.25) is 0 Å². The van der Waals surface area contributed by atoms with Gasteiger partial charge in [-0.3, -0.25) is 0 Å². The van der Waals surface area contributed by atoms with Crippen LogP contribution >= 0.6 is 15.9 Å². The molecule has 1 N–H and O–H groups in total. The molecule has 2 aromatic rings. The Morgan fingerprint density at radius 2 is 1.90 bits per heavy atom. The summed E-state index contributed by atoms with van der Waals surface area (Å²) in [5.41, 5.74) is 0.634. The van der Waals surface area contributed by atoms with E-state index in [1.807, 2.05) is 55.5 Å². The largest absolute Gasteiger partial charge is 0.490 e. The molecule has 3 rings (SSSR count). The van der Waals surface area contributed by atoms with Crippen molar-refractivity contribution in [3.63, 3.8) is 0 Å². The smallest absolute Gasteiger partial charge is 0.120 e. The highest BCUT2D eigenvalue weighted by atomic mass is 79.9. The normalized spacial score (nSPS) is 17.6. The molecule has 1 unspecified atom stereocenters. The van der Waals surface area contributed by atoms with Crippen molar-refractivity contribution in [2.45, 2.75) is 31.5 Å². The van der Waals surface area contributed by atoms with E-state index in [-0.39, 0.29) is 0 Å². The zero-order chi connectivity index (χ0) is 14.2. The molecule has 1 fully saturated rings. The maximum Gasteiger partial charge on any atom is 0.120 e. The van der Waals surface area contributed by atoms with Crippen molar-refractivity contribution >= 4 is 15.9 Å². The molecule has 0 heterocycles. The molecule has 1 saturated carbocycles. The average molecular weight is 333 g/mol. The predicted molar refractivity (Wildman–Crippen MR) is 82.9 cm³/mol. The molecule has 104 valence electrons. The van der Waals surface area contributed by atoms with Gasteiger partial charge in [-0.25, -0.2) is 0 Å². The van der Waals surface area contributed by atoms with E-state index in [0.29, 0.717) is 6.10 Å². The van der Waals surface area contributed by atoms with Crippen molar-refractivity contribution in [3.05, 3.63) is 64.1 Å². The highest BCUT2D eigenvalue weighted by Crippen LogP contribution is 2.36. The lowest BCUT2D eigenvalue weighted by Crippen LogP contribution is -2.23. The molecular formula is C17H17BrO2. The lowest BCUT2D eigenvalue weighted by atomic mass is 9.88. The molecule has 2 nitrogen and oxygen atoms in total. The third kappa shape index (κ3) is 2.74. The van der Waals surface area contributed by atoms with Gasteiger partial charge in [-0.15, -0.1) is 0 Å². The predicted octanol–water partition coefficient (Wildman–Crippen LogP) is 4.25. The molecule has 0 aromatic heterocycles. The van der Waals surface area contributed by atoms with Crippen molar-refractivity contribution < 1.29 is 9.84 Å². The first-order valence-electron chi connectivity index (χ1n) is 6.82. The minimum Gasteiger partial charge on any atom is -0.490 e. The van der Waals surface area contributed by atoms with Crippen LogP contribution in [0, 0.1) is 0 Å². The Labute approximate surface area is 127 Å². The summed E-state index contributed by atoms with van der Waals surface area (Å²) in [5.74, 6) is 0.831. The second-order valence-corrected chi connectivity index (χ2v) is 6.25. The van der Waals surface area contributed by atoms with Crippen molar-refractivity contribution in [2.24, 2.45) is 0 Å². The van der Waals surface area contributed by atoms with Gasteiger partial charge in [0.1, 0.15) is 11.4 Å². The highest BCUT2D eigenvalue weighted by Gasteiger charge is 2.29. The number of aliphatic hydroxyl groups is 1. The van der Waals surface area contributed by atoms with Crippen LogP contribution in [0.25, 0.3) is 0 Å². The van der Waals surface area contributed by atoms with Crippen molar-refractivity contribution in [1.29, 1.82) is 0 Å². The first kappa shape index (κ1) is 13.7. The lowest BCUT2D eigenvalue weighted by Gasteiger charge is -2.26. The number of halogens is 1. The van der Waals surface area contributed by atoms with Gasteiger partial charge < -0.3 is 9.84 Å². The van der Waals surface area contributed by atoms with Crippen molar-refractivity contribution in [1.82, 2.24) is 0 Å². The average Bonchev–Trinajstić information content (AvgIpc) is 3.23. The summed E-state index contributed by atoms with van der Waals surface area (Å²) < 4.78 is 6.71. The van der Waals surface area contributed by atoms with Gasteiger partial charge >= 0.3 is 0 Å². The van der Waals surface area contributed by atoms with E-state index >= 15 is 0 Å². The van der Waals surface area contributed by atoms with Crippen LogP contribution in [0.5, 0.6) is 5.75 Å². The topological polar surface area (TPSA) is 29.5 Å². The third-order valence-electron chi connectivity index (χ3n) is 3.62. The second-order valence-electron chi connectivity index (χ2n) is 5.40. The van der Waals surface area contributed by atoms with Crippen LogP contribution in [0.15, 0.2) is 53.0 Å². The fourth-order valence-electron chi connectivity index (χ4n) is 2.26. The summed E-state index contributed by atoms with van der Waals surface area (Å²) >= 11 is 3.51. The number of hydrogen-bond acceptors (Lipinski definition) is 2. The summed E-state index contributed by atoms with van der Waals surface area (Å²) in [6, 6.07) is 15.5. The minimum atomic E-state index is -1.05.